The molecular weight excluding hydrogens is 184 g/mol. The van der Waals surface area contributed by atoms with Crippen molar-refractivity contribution in [2.75, 3.05) is 7.11 Å². The third-order valence-electron chi connectivity index (χ3n) is 2.73. The topological polar surface area (TPSA) is 9.23 Å². The Hall–Kier alpha value is -1.24. The summed E-state index contributed by atoms with van der Waals surface area (Å²) in [5.74, 6) is 1.58. The van der Waals surface area contributed by atoms with Gasteiger partial charge in [-0.15, -0.1) is 0 Å². The molecule has 0 aliphatic heterocycles. The van der Waals surface area contributed by atoms with E-state index in [0.717, 1.165) is 18.6 Å². The average molecular weight is 204 g/mol. The molecular formula is C14H20O. The normalized spacial score (nSPS) is 13.0. The second kappa shape index (κ2) is 6.28. The van der Waals surface area contributed by atoms with E-state index in [4.69, 9.17) is 4.74 Å². The minimum absolute atomic E-state index is 0.567. The molecule has 1 unspecified atom stereocenters. The van der Waals surface area contributed by atoms with Crippen molar-refractivity contribution in [3.63, 3.8) is 0 Å². The smallest absolute Gasteiger partial charge is 0.122 e. The number of hydrogen-bond donors (Lipinski definition) is 0. The number of methoxy groups -OCH3 is 1. The highest BCUT2D eigenvalue weighted by atomic mass is 16.5. The summed E-state index contributed by atoms with van der Waals surface area (Å²) in [6.45, 7) is 4.29. The Balaban J connectivity index is 2.89. The number of allylic oxidation sites excluding steroid dienone is 2. The van der Waals surface area contributed by atoms with Crippen LogP contribution in [0.15, 0.2) is 36.4 Å². The summed E-state index contributed by atoms with van der Waals surface area (Å²) in [6.07, 6.45) is 6.57. The van der Waals surface area contributed by atoms with Crippen LogP contribution in [0.25, 0.3) is 0 Å². The van der Waals surface area contributed by atoms with E-state index < -0.39 is 0 Å². The van der Waals surface area contributed by atoms with Crippen molar-refractivity contribution in [1.82, 2.24) is 0 Å². The molecule has 1 nitrogen and oxygen atoms in total. The predicted molar refractivity (Wildman–Crippen MR) is 65.5 cm³/mol. The van der Waals surface area contributed by atoms with Gasteiger partial charge in [-0.05, 0) is 37.3 Å². The first-order valence-electron chi connectivity index (χ1n) is 5.57. The van der Waals surface area contributed by atoms with Crippen molar-refractivity contribution >= 4 is 0 Å². The lowest BCUT2D eigenvalue weighted by Crippen LogP contribution is -1.99. The molecule has 0 bridgehead atoms. The lowest BCUT2D eigenvalue weighted by atomic mass is 9.92. The second-order valence-electron chi connectivity index (χ2n) is 3.65. The Labute approximate surface area is 92.8 Å². The molecule has 82 valence electrons. The summed E-state index contributed by atoms with van der Waals surface area (Å²) in [5, 5.41) is 0. The van der Waals surface area contributed by atoms with Crippen molar-refractivity contribution < 1.29 is 4.74 Å². The molecule has 1 aromatic rings. The van der Waals surface area contributed by atoms with Gasteiger partial charge in [0.05, 0.1) is 7.11 Å². The lowest BCUT2D eigenvalue weighted by molar-refractivity contribution is 0.404. The summed E-state index contributed by atoms with van der Waals surface area (Å²) in [6, 6.07) is 8.30. The number of benzene rings is 1. The first kappa shape index (κ1) is 11.8. The molecule has 0 fully saturated rings. The first-order chi connectivity index (χ1) is 7.33. The molecule has 0 saturated heterocycles. The van der Waals surface area contributed by atoms with Crippen molar-refractivity contribution in [1.29, 1.82) is 0 Å². The maximum absolute atomic E-state index is 5.38. The van der Waals surface area contributed by atoms with E-state index in [1.54, 1.807) is 7.11 Å². The standard InChI is InChI=1S/C14H20O/c1-4-6-9-12(5-2)13-10-7-8-11-14(13)15-3/h4,6-8,10-12H,5,9H2,1-3H3/b6-4-. The summed E-state index contributed by atoms with van der Waals surface area (Å²) in [7, 11) is 1.74. The van der Waals surface area contributed by atoms with Crippen molar-refractivity contribution in [2.45, 2.75) is 32.6 Å². The van der Waals surface area contributed by atoms with E-state index in [0.29, 0.717) is 5.92 Å². The largest absolute Gasteiger partial charge is 0.496 e. The fourth-order valence-corrected chi connectivity index (χ4v) is 1.82. The van der Waals surface area contributed by atoms with E-state index in [1.807, 2.05) is 12.1 Å². The highest BCUT2D eigenvalue weighted by molar-refractivity contribution is 5.36. The van der Waals surface area contributed by atoms with Gasteiger partial charge in [-0.1, -0.05) is 37.3 Å². The van der Waals surface area contributed by atoms with Crippen LogP contribution >= 0.6 is 0 Å². The van der Waals surface area contributed by atoms with Crippen LogP contribution in [-0.2, 0) is 0 Å². The fourth-order valence-electron chi connectivity index (χ4n) is 1.82. The number of hydrogen-bond acceptors (Lipinski definition) is 1. The minimum atomic E-state index is 0.567. The van der Waals surface area contributed by atoms with Crippen LogP contribution < -0.4 is 4.74 Å². The maximum Gasteiger partial charge on any atom is 0.122 e. The van der Waals surface area contributed by atoms with Gasteiger partial charge < -0.3 is 4.74 Å². The zero-order chi connectivity index (χ0) is 11.1. The third-order valence-corrected chi connectivity index (χ3v) is 2.73. The van der Waals surface area contributed by atoms with E-state index in [1.165, 1.54) is 5.56 Å². The third kappa shape index (κ3) is 3.12. The van der Waals surface area contributed by atoms with Gasteiger partial charge in [-0.25, -0.2) is 0 Å². The second-order valence-corrected chi connectivity index (χ2v) is 3.65. The summed E-state index contributed by atoms with van der Waals surface area (Å²) in [5.41, 5.74) is 1.32. The molecule has 0 heterocycles. The molecule has 1 atom stereocenters. The van der Waals surface area contributed by atoms with Gasteiger partial charge in [-0.2, -0.15) is 0 Å². The van der Waals surface area contributed by atoms with Gasteiger partial charge in [0.1, 0.15) is 5.75 Å². The highest BCUT2D eigenvalue weighted by Crippen LogP contribution is 2.31. The molecule has 0 aromatic heterocycles. The Morgan fingerprint density at radius 3 is 2.67 bits per heavy atom. The van der Waals surface area contributed by atoms with Crippen LogP contribution in [0.3, 0.4) is 0 Å². The van der Waals surface area contributed by atoms with Crippen LogP contribution in [0.5, 0.6) is 5.75 Å². The van der Waals surface area contributed by atoms with E-state index in [-0.39, 0.29) is 0 Å². The van der Waals surface area contributed by atoms with Crippen LogP contribution in [0.4, 0.5) is 0 Å². The Morgan fingerprint density at radius 1 is 1.33 bits per heavy atom. The monoisotopic (exact) mass is 204 g/mol. The summed E-state index contributed by atoms with van der Waals surface area (Å²) >= 11 is 0. The Kier molecular flexibility index (Phi) is 4.96. The van der Waals surface area contributed by atoms with Crippen molar-refractivity contribution in [3.8, 4) is 5.75 Å². The first-order valence-corrected chi connectivity index (χ1v) is 5.57. The molecule has 0 spiro atoms. The number of para-hydroxylation sites is 1. The number of ether oxygens (including phenoxy) is 1. The molecule has 1 heteroatoms. The molecule has 0 aliphatic carbocycles. The molecule has 1 aromatic carbocycles. The minimum Gasteiger partial charge on any atom is -0.496 e. The van der Waals surface area contributed by atoms with E-state index in [2.05, 4.69) is 38.1 Å². The van der Waals surface area contributed by atoms with Crippen molar-refractivity contribution in [2.24, 2.45) is 0 Å². The molecule has 1 rings (SSSR count). The van der Waals surface area contributed by atoms with Crippen LogP contribution in [0.2, 0.25) is 0 Å². The maximum atomic E-state index is 5.38. The predicted octanol–water partition coefficient (Wildman–Crippen LogP) is 4.16. The highest BCUT2D eigenvalue weighted by Gasteiger charge is 2.11. The Bertz CT molecular complexity index is 315. The average Bonchev–Trinajstić information content (AvgIpc) is 2.30. The van der Waals surface area contributed by atoms with Crippen LogP contribution in [0.1, 0.15) is 38.2 Å². The van der Waals surface area contributed by atoms with E-state index in [9.17, 15) is 0 Å². The van der Waals surface area contributed by atoms with Crippen molar-refractivity contribution in [3.05, 3.63) is 42.0 Å². The van der Waals surface area contributed by atoms with Gasteiger partial charge >= 0.3 is 0 Å². The summed E-state index contributed by atoms with van der Waals surface area (Å²) < 4.78 is 5.38. The molecule has 0 radical (unpaired) electrons. The molecule has 0 aliphatic rings. The number of rotatable bonds is 5. The van der Waals surface area contributed by atoms with Gasteiger partial charge in [-0.3, -0.25) is 0 Å². The molecule has 0 amide bonds. The van der Waals surface area contributed by atoms with Gasteiger partial charge in [0.15, 0.2) is 0 Å². The fraction of sp³-hybridized carbons (Fsp3) is 0.429. The quantitative estimate of drug-likeness (QED) is 0.654. The van der Waals surface area contributed by atoms with E-state index >= 15 is 0 Å². The molecule has 15 heavy (non-hydrogen) atoms. The zero-order valence-electron chi connectivity index (χ0n) is 9.86. The van der Waals surface area contributed by atoms with Crippen LogP contribution in [0, 0.1) is 0 Å². The SMILES string of the molecule is C/C=C\CC(CC)c1ccccc1OC. The van der Waals surface area contributed by atoms with Gasteiger partial charge in [0, 0.05) is 0 Å². The molecule has 0 saturated carbocycles. The van der Waals surface area contributed by atoms with Gasteiger partial charge in [0.25, 0.3) is 0 Å². The molecule has 0 N–H and O–H groups in total. The van der Waals surface area contributed by atoms with Crippen LogP contribution in [-0.4, -0.2) is 7.11 Å². The Morgan fingerprint density at radius 2 is 2.07 bits per heavy atom. The zero-order valence-corrected chi connectivity index (χ0v) is 9.86. The lowest BCUT2D eigenvalue weighted by Gasteiger charge is -2.16. The summed E-state index contributed by atoms with van der Waals surface area (Å²) in [4.78, 5) is 0. The van der Waals surface area contributed by atoms with Gasteiger partial charge in [0.2, 0.25) is 0 Å².